The number of nitrogens with one attached hydrogen (secondary N) is 1. The van der Waals surface area contributed by atoms with Gasteiger partial charge in [-0.15, -0.1) is 0 Å². The van der Waals surface area contributed by atoms with Gasteiger partial charge in [0.05, 0.1) is 4.92 Å². The number of nitrogens with zero attached hydrogens (tertiary/aromatic N) is 3. The molecule has 0 bridgehead atoms. The van der Waals surface area contributed by atoms with Gasteiger partial charge >= 0.3 is 5.69 Å². The highest BCUT2D eigenvalue weighted by molar-refractivity contribution is 6.31. The van der Waals surface area contributed by atoms with Crippen LogP contribution in [0.2, 0.25) is 5.02 Å². The van der Waals surface area contributed by atoms with E-state index in [1.807, 2.05) is 0 Å². The van der Waals surface area contributed by atoms with Crippen molar-refractivity contribution in [3.63, 3.8) is 0 Å². The van der Waals surface area contributed by atoms with Gasteiger partial charge in [-0.05, 0) is 31.5 Å². The molecule has 2 rings (SSSR count). The van der Waals surface area contributed by atoms with Crippen LogP contribution in [0.15, 0.2) is 18.2 Å². The summed E-state index contributed by atoms with van der Waals surface area (Å²) in [6.07, 6.45) is 0. The van der Waals surface area contributed by atoms with Gasteiger partial charge in [0.15, 0.2) is 0 Å². The predicted octanol–water partition coefficient (Wildman–Crippen LogP) is 2.85. The van der Waals surface area contributed by atoms with E-state index >= 15 is 0 Å². The number of nitro groups is 1. The van der Waals surface area contributed by atoms with Gasteiger partial charge in [-0.1, -0.05) is 17.7 Å². The third-order valence-electron chi connectivity index (χ3n) is 3.10. The molecule has 0 aliphatic rings. The summed E-state index contributed by atoms with van der Waals surface area (Å²) in [5.74, 6) is -0.602. The number of carbonyl (C=O) groups is 1. The second-order valence-electron chi connectivity index (χ2n) is 4.53. The fourth-order valence-electron chi connectivity index (χ4n) is 2.04. The monoisotopic (exact) mass is 308 g/mol. The Morgan fingerprint density at radius 2 is 2.10 bits per heavy atom. The Morgan fingerprint density at radius 3 is 2.71 bits per heavy atom. The molecule has 0 fully saturated rings. The Morgan fingerprint density at radius 1 is 1.43 bits per heavy atom. The second-order valence-corrected chi connectivity index (χ2v) is 4.94. The maximum Gasteiger partial charge on any atom is 0.322 e. The third kappa shape index (κ3) is 2.73. The largest absolute Gasteiger partial charge is 0.322 e. The van der Waals surface area contributed by atoms with Crippen LogP contribution in [0.4, 0.5) is 11.4 Å². The first-order valence-electron chi connectivity index (χ1n) is 6.07. The summed E-state index contributed by atoms with van der Waals surface area (Å²) < 4.78 is 1.20. The van der Waals surface area contributed by atoms with Crippen molar-refractivity contribution in [2.75, 3.05) is 5.32 Å². The van der Waals surface area contributed by atoms with Crippen LogP contribution in [0.5, 0.6) is 0 Å². The Hall–Kier alpha value is -2.41. The molecule has 21 heavy (non-hydrogen) atoms. The molecule has 0 spiro atoms. The molecule has 1 amide bonds. The van der Waals surface area contributed by atoms with Gasteiger partial charge in [0.1, 0.15) is 5.69 Å². The molecular weight excluding hydrogens is 296 g/mol. The highest BCUT2D eigenvalue weighted by Gasteiger charge is 2.29. The van der Waals surface area contributed by atoms with E-state index in [2.05, 4.69) is 10.4 Å². The van der Waals surface area contributed by atoms with E-state index in [1.54, 1.807) is 25.1 Å². The molecule has 2 aromatic rings. The molecule has 1 aromatic carbocycles. The minimum atomic E-state index is -0.609. The molecule has 1 heterocycles. The molecule has 0 atom stereocenters. The van der Waals surface area contributed by atoms with Crippen molar-refractivity contribution in [1.82, 2.24) is 9.78 Å². The maximum absolute atomic E-state index is 12.3. The number of aryl methyl sites for hydroxylation is 2. The second kappa shape index (κ2) is 5.53. The molecule has 8 heteroatoms. The average Bonchev–Trinajstić information content (AvgIpc) is 2.70. The lowest BCUT2D eigenvalue weighted by molar-refractivity contribution is -0.385. The zero-order valence-corrected chi connectivity index (χ0v) is 12.4. The number of hydrogen-bond donors (Lipinski definition) is 1. The zero-order chi connectivity index (χ0) is 15.7. The van der Waals surface area contributed by atoms with Crippen molar-refractivity contribution in [2.24, 2.45) is 7.05 Å². The quantitative estimate of drug-likeness (QED) is 0.697. The highest BCUT2D eigenvalue weighted by atomic mass is 35.5. The summed E-state index contributed by atoms with van der Waals surface area (Å²) in [7, 11) is 1.49. The number of carbonyl (C=O) groups excluding carboxylic acids is 1. The number of hydrogen-bond acceptors (Lipinski definition) is 4. The van der Waals surface area contributed by atoms with E-state index in [4.69, 9.17) is 11.6 Å². The fourth-order valence-corrected chi connectivity index (χ4v) is 2.22. The Kier molecular flexibility index (Phi) is 3.95. The minimum Gasteiger partial charge on any atom is -0.320 e. The van der Waals surface area contributed by atoms with E-state index in [-0.39, 0.29) is 17.1 Å². The van der Waals surface area contributed by atoms with Crippen LogP contribution in [0, 0.1) is 24.0 Å². The average molecular weight is 309 g/mol. The van der Waals surface area contributed by atoms with Crippen LogP contribution in [0.25, 0.3) is 0 Å². The molecule has 0 saturated heterocycles. The summed E-state index contributed by atoms with van der Waals surface area (Å²) in [5.41, 5.74) is 0.983. The topological polar surface area (TPSA) is 90.1 Å². The Balaban J connectivity index is 2.42. The SMILES string of the molecule is Cc1nn(C)c(C(=O)Nc2cccc(Cl)c2C)c1[N+](=O)[O-]. The van der Waals surface area contributed by atoms with Gasteiger partial charge in [0, 0.05) is 17.8 Å². The third-order valence-corrected chi connectivity index (χ3v) is 3.51. The summed E-state index contributed by atoms with van der Waals surface area (Å²) in [4.78, 5) is 22.8. The minimum absolute atomic E-state index is 0.100. The highest BCUT2D eigenvalue weighted by Crippen LogP contribution is 2.26. The number of halogens is 1. The number of anilines is 1. The van der Waals surface area contributed by atoms with Crippen LogP contribution >= 0.6 is 11.6 Å². The lowest BCUT2D eigenvalue weighted by Gasteiger charge is -2.09. The Labute approximate surface area is 125 Å². The molecule has 0 radical (unpaired) electrons. The van der Waals surface area contributed by atoms with Crippen LogP contribution in [0.1, 0.15) is 21.7 Å². The van der Waals surface area contributed by atoms with E-state index < -0.39 is 10.8 Å². The van der Waals surface area contributed by atoms with Crippen molar-refractivity contribution >= 4 is 28.9 Å². The van der Waals surface area contributed by atoms with E-state index in [1.165, 1.54) is 18.7 Å². The number of aromatic nitrogens is 2. The fraction of sp³-hybridized carbons (Fsp3) is 0.231. The lowest BCUT2D eigenvalue weighted by atomic mass is 10.2. The molecule has 0 unspecified atom stereocenters. The van der Waals surface area contributed by atoms with Gasteiger partial charge in [0.2, 0.25) is 5.69 Å². The maximum atomic E-state index is 12.3. The molecule has 110 valence electrons. The molecule has 0 saturated carbocycles. The van der Waals surface area contributed by atoms with Gasteiger partial charge in [-0.2, -0.15) is 5.10 Å². The first-order valence-corrected chi connectivity index (χ1v) is 6.45. The first kappa shape index (κ1) is 15.0. The number of amides is 1. The number of benzene rings is 1. The van der Waals surface area contributed by atoms with Crippen molar-refractivity contribution < 1.29 is 9.72 Å². The van der Waals surface area contributed by atoms with Crippen molar-refractivity contribution in [3.05, 3.63) is 50.3 Å². The van der Waals surface area contributed by atoms with Crippen LogP contribution < -0.4 is 5.32 Å². The van der Waals surface area contributed by atoms with Crippen molar-refractivity contribution in [2.45, 2.75) is 13.8 Å². The smallest absolute Gasteiger partial charge is 0.320 e. The summed E-state index contributed by atoms with van der Waals surface area (Å²) >= 11 is 5.98. The van der Waals surface area contributed by atoms with Gasteiger partial charge in [-0.3, -0.25) is 19.6 Å². The standard InChI is InChI=1S/C13H13ClN4O3/c1-7-9(14)5-4-6-10(7)15-13(19)12-11(18(20)21)8(2)16-17(12)3/h4-6H,1-3H3,(H,15,19). The Bertz CT molecular complexity index is 739. The molecule has 1 aromatic heterocycles. The van der Waals surface area contributed by atoms with E-state index in [9.17, 15) is 14.9 Å². The molecule has 1 N–H and O–H groups in total. The summed E-state index contributed by atoms with van der Waals surface area (Å²) in [6, 6.07) is 5.06. The molecule has 0 aliphatic heterocycles. The van der Waals surface area contributed by atoms with Gasteiger partial charge in [0.25, 0.3) is 5.91 Å². The van der Waals surface area contributed by atoms with Crippen LogP contribution in [0.3, 0.4) is 0 Å². The molecular formula is C13H13ClN4O3. The summed E-state index contributed by atoms with van der Waals surface area (Å²) in [6.45, 7) is 3.24. The zero-order valence-electron chi connectivity index (χ0n) is 11.7. The molecule has 7 nitrogen and oxygen atoms in total. The van der Waals surface area contributed by atoms with E-state index in [0.29, 0.717) is 16.3 Å². The first-order chi connectivity index (χ1) is 9.82. The summed E-state index contributed by atoms with van der Waals surface area (Å²) in [5, 5.41) is 18.1. The van der Waals surface area contributed by atoms with Crippen molar-refractivity contribution in [1.29, 1.82) is 0 Å². The van der Waals surface area contributed by atoms with E-state index in [0.717, 1.165) is 0 Å². The molecule has 0 aliphatic carbocycles. The predicted molar refractivity (Wildman–Crippen MR) is 78.7 cm³/mol. The normalized spacial score (nSPS) is 10.5. The van der Waals surface area contributed by atoms with Crippen molar-refractivity contribution in [3.8, 4) is 0 Å². The van der Waals surface area contributed by atoms with Gasteiger partial charge < -0.3 is 5.32 Å². The van der Waals surface area contributed by atoms with Gasteiger partial charge in [-0.25, -0.2) is 0 Å². The van der Waals surface area contributed by atoms with Crippen LogP contribution in [-0.4, -0.2) is 20.6 Å². The number of rotatable bonds is 3. The lowest BCUT2D eigenvalue weighted by Crippen LogP contribution is -2.18. The van der Waals surface area contributed by atoms with Crippen LogP contribution in [-0.2, 0) is 7.05 Å².